The minimum atomic E-state index is -0.788. The minimum Gasteiger partial charge on any atom is -0.398 e. The molecule has 1 radical (unpaired) electrons. The van der Waals surface area contributed by atoms with Crippen LogP contribution in [0.15, 0.2) is 12.1 Å². The summed E-state index contributed by atoms with van der Waals surface area (Å²) in [5.41, 5.74) is 4.12. The summed E-state index contributed by atoms with van der Waals surface area (Å²) in [7, 11) is 0. The molecule has 13 heavy (non-hydrogen) atoms. The Morgan fingerprint density at radius 2 is 1.85 bits per heavy atom. The standard InChI is InChI=1S/C6H4N3O4/c7-4-1-5(8(10)11)3-6(2-4)9(12)13/h1,3H,7H2. The van der Waals surface area contributed by atoms with E-state index in [9.17, 15) is 20.2 Å². The van der Waals surface area contributed by atoms with Crippen molar-refractivity contribution in [2.24, 2.45) is 0 Å². The van der Waals surface area contributed by atoms with Gasteiger partial charge in [0.25, 0.3) is 11.4 Å². The Hall–Kier alpha value is -2.18. The highest BCUT2D eigenvalue weighted by molar-refractivity contribution is 5.54. The van der Waals surface area contributed by atoms with Crippen LogP contribution in [0.25, 0.3) is 0 Å². The average molecular weight is 182 g/mol. The van der Waals surface area contributed by atoms with Gasteiger partial charge in [0.05, 0.1) is 27.7 Å². The summed E-state index contributed by atoms with van der Waals surface area (Å²) in [5.74, 6) is 0. The molecule has 0 aliphatic rings. The molecule has 1 aromatic rings. The van der Waals surface area contributed by atoms with Gasteiger partial charge in [0, 0.05) is 6.07 Å². The monoisotopic (exact) mass is 182 g/mol. The molecule has 1 rings (SSSR count). The second-order valence-electron chi connectivity index (χ2n) is 2.19. The van der Waals surface area contributed by atoms with Crippen molar-refractivity contribution in [2.45, 2.75) is 0 Å². The molecule has 67 valence electrons. The average Bonchev–Trinajstić information content (AvgIpc) is 2.03. The predicted molar refractivity (Wildman–Crippen MR) is 43.0 cm³/mol. The van der Waals surface area contributed by atoms with E-state index in [1.165, 1.54) is 0 Å². The lowest BCUT2D eigenvalue weighted by atomic mass is 10.2. The molecule has 0 unspecified atom stereocenters. The predicted octanol–water partition coefficient (Wildman–Crippen LogP) is 0.885. The van der Waals surface area contributed by atoms with Crippen LogP contribution >= 0.6 is 0 Å². The largest absolute Gasteiger partial charge is 0.398 e. The van der Waals surface area contributed by atoms with Gasteiger partial charge in [-0.2, -0.15) is 0 Å². The Morgan fingerprint density at radius 1 is 1.23 bits per heavy atom. The lowest BCUT2D eigenvalue weighted by Gasteiger charge is -1.94. The zero-order valence-electron chi connectivity index (χ0n) is 6.26. The second kappa shape index (κ2) is 3.05. The zero-order chi connectivity index (χ0) is 10.0. The topological polar surface area (TPSA) is 112 Å². The van der Waals surface area contributed by atoms with Gasteiger partial charge in [0.2, 0.25) is 0 Å². The molecule has 0 aliphatic carbocycles. The molecule has 0 aliphatic heterocycles. The maximum atomic E-state index is 10.2. The molecule has 0 atom stereocenters. The van der Waals surface area contributed by atoms with E-state index in [2.05, 4.69) is 6.07 Å². The number of nitrogens with two attached hydrogens (primary N) is 1. The number of non-ortho nitro benzene ring substituents is 2. The Bertz CT molecular complexity index is 344. The van der Waals surface area contributed by atoms with E-state index in [0.29, 0.717) is 0 Å². The summed E-state index contributed by atoms with van der Waals surface area (Å²) in [6.45, 7) is 0. The van der Waals surface area contributed by atoms with Crippen LogP contribution in [0.3, 0.4) is 0 Å². The summed E-state index contributed by atoms with van der Waals surface area (Å²) < 4.78 is 0. The van der Waals surface area contributed by atoms with E-state index in [-0.39, 0.29) is 5.69 Å². The van der Waals surface area contributed by atoms with Crippen LogP contribution in [0.2, 0.25) is 0 Å². The Labute approximate surface area is 72.1 Å². The van der Waals surface area contributed by atoms with Crippen molar-refractivity contribution in [3.63, 3.8) is 0 Å². The normalized spacial score (nSPS) is 9.54. The third-order valence-electron chi connectivity index (χ3n) is 1.27. The van der Waals surface area contributed by atoms with Gasteiger partial charge < -0.3 is 5.73 Å². The summed E-state index contributed by atoms with van der Waals surface area (Å²) >= 11 is 0. The van der Waals surface area contributed by atoms with Crippen LogP contribution in [0, 0.1) is 26.3 Å². The van der Waals surface area contributed by atoms with Gasteiger partial charge >= 0.3 is 0 Å². The van der Waals surface area contributed by atoms with Crippen molar-refractivity contribution in [3.05, 3.63) is 38.4 Å². The van der Waals surface area contributed by atoms with Crippen LogP contribution in [0.5, 0.6) is 0 Å². The number of anilines is 1. The van der Waals surface area contributed by atoms with Crippen molar-refractivity contribution < 1.29 is 9.85 Å². The van der Waals surface area contributed by atoms with E-state index in [1.54, 1.807) is 0 Å². The molecule has 0 spiro atoms. The molecule has 2 N–H and O–H groups in total. The van der Waals surface area contributed by atoms with Crippen molar-refractivity contribution >= 4 is 17.1 Å². The van der Waals surface area contributed by atoms with Crippen molar-refractivity contribution in [3.8, 4) is 0 Å². The first kappa shape index (κ1) is 8.91. The first-order valence-corrected chi connectivity index (χ1v) is 3.12. The van der Waals surface area contributed by atoms with Crippen LogP contribution in [0.1, 0.15) is 0 Å². The molecule has 7 heteroatoms. The number of benzene rings is 1. The summed E-state index contributed by atoms with van der Waals surface area (Å²) in [5, 5.41) is 20.5. The molecule has 1 aromatic carbocycles. The first-order chi connectivity index (χ1) is 6.00. The van der Waals surface area contributed by atoms with Gasteiger partial charge in [-0.1, -0.05) is 0 Å². The molecule has 0 fully saturated rings. The van der Waals surface area contributed by atoms with E-state index in [0.717, 1.165) is 12.1 Å². The molecule has 0 saturated heterocycles. The van der Waals surface area contributed by atoms with Gasteiger partial charge in [-0.15, -0.1) is 0 Å². The number of rotatable bonds is 2. The number of nitro groups is 2. The third-order valence-corrected chi connectivity index (χ3v) is 1.27. The van der Waals surface area contributed by atoms with E-state index in [1.807, 2.05) is 0 Å². The first-order valence-electron chi connectivity index (χ1n) is 3.12. The van der Waals surface area contributed by atoms with E-state index < -0.39 is 21.2 Å². The highest BCUT2D eigenvalue weighted by Crippen LogP contribution is 2.22. The smallest absolute Gasteiger partial charge is 0.286 e. The van der Waals surface area contributed by atoms with Gasteiger partial charge in [-0.3, -0.25) is 20.2 Å². The maximum Gasteiger partial charge on any atom is 0.286 e. The van der Waals surface area contributed by atoms with Gasteiger partial charge in [-0.25, -0.2) is 0 Å². The fourth-order valence-corrected chi connectivity index (χ4v) is 0.765. The number of hydrogen-bond donors (Lipinski definition) is 1. The van der Waals surface area contributed by atoms with Gasteiger partial charge in [0.15, 0.2) is 0 Å². The summed E-state index contributed by atoms with van der Waals surface area (Å²) in [6, 6.07) is 3.99. The number of nitrogens with zero attached hydrogens (tertiary/aromatic N) is 2. The zero-order valence-corrected chi connectivity index (χ0v) is 6.26. The molecule has 0 bridgehead atoms. The highest BCUT2D eigenvalue weighted by Gasteiger charge is 2.15. The summed E-state index contributed by atoms with van der Waals surface area (Å²) in [6.07, 6.45) is 0. The van der Waals surface area contributed by atoms with Gasteiger partial charge in [0.1, 0.15) is 0 Å². The number of hydrogen-bond acceptors (Lipinski definition) is 5. The van der Waals surface area contributed by atoms with Gasteiger partial charge in [-0.05, 0) is 0 Å². The van der Waals surface area contributed by atoms with Crippen LogP contribution in [-0.2, 0) is 0 Å². The van der Waals surface area contributed by atoms with Crippen molar-refractivity contribution in [2.75, 3.05) is 5.73 Å². The molecule has 0 heterocycles. The molecule has 7 nitrogen and oxygen atoms in total. The Morgan fingerprint density at radius 3 is 2.31 bits per heavy atom. The second-order valence-corrected chi connectivity index (χ2v) is 2.19. The molecule has 0 amide bonds. The quantitative estimate of drug-likeness (QED) is 0.414. The van der Waals surface area contributed by atoms with Crippen molar-refractivity contribution in [1.82, 2.24) is 0 Å². The number of nitro benzene ring substituents is 2. The van der Waals surface area contributed by atoms with Crippen LogP contribution < -0.4 is 5.73 Å². The lowest BCUT2D eigenvalue weighted by molar-refractivity contribution is -0.394. The highest BCUT2D eigenvalue weighted by atomic mass is 16.6. The maximum absolute atomic E-state index is 10.2. The molecule has 0 aromatic heterocycles. The Balaban J connectivity index is 3.26. The van der Waals surface area contributed by atoms with Crippen LogP contribution in [0.4, 0.5) is 17.1 Å². The minimum absolute atomic E-state index is 0.124. The third kappa shape index (κ3) is 1.89. The summed E-state index contributed by atoms with van der Waals surface area (Å²) in [4.78, 5) is 18.9. The van der Waals surface area contributed by atoms with E-state index in [4.69, 9.17) is 5.73 Å². The molecular weight excluding hydrogens is 178 g/mol. The van der Waals surface area contributed by atoms with Crippen LogP contribution in [-0.4, -0.2) is 9.85 Å². The number of nitrogen functional groups attached to an aromatic ring is 1. The fraction of sp³-hybridized carbons (Fsp3) is 0. The lowest BCUT2D eigenvalue weighted by Crippen LogP contribution is -1.95. The molecule has 0 saturated carbocycles. The SMILES string of the molecule is Nc1[c]c([N+](=O)[O-])cc([N+](=O)[O-])c1. The van der Waals surface area contributed by atoms with E-state index >= 15 is 0 Å². The molecular formula is C6H4N3O4. The fourth-order valence-electron chi connectivity index (χ4n) is 0.765. The van der Waals surface area contributed by atoms with Crippen molar-refractivity contribution in [1.29, 1.82) is 0 Å². The Kier molecular flexibility index (Phi) is 2.09.